The van der Waals surface area contributed by atoms with Gasteiger partial charge in [-0.05, 0) is 42.9 Å². The van der Waals surface area contributed by atoms with Crippen LogP contribution in [0.1, 0.15) is 74.7 Å². The number of rotatable bonds is 7. The SMILES string of the molecule is Cc1ccc(C(C)C)c(OCCSc2nnc(C3CCCCC3)n2C)c1. The lowest BCUT2D eigenvalue weighted by Gasteiger charge is -2.20. The summed E-state index contributed by atoms with van der Waals surface area (Å²) in [7, 11) is 2.10. The molecule has 1 saturated carbocycles. The summed E-state index contributed by atoms with van der Waals surface area (Å²) in [5, 5.41) is 9.89. The Balaban J connectivity index is 1.54. The maximum Gasteiger partial charge on any atom is 0.191 e. The van der Waals surface area contributed by atoms with Crippen molar-refractivity contribution in [3.05, 3.63) is 35.2 Å². The highest BCUT2D eigenvalue weighted by Gasteiger charge is 2.21. The number of aryl methyl sites for hydroxylation is 1. The zero-order valence-corrected chi connectivity index (χ0v) is 17.3. The minimum Gasteiger partial charge on any atom is -0.492 e. The molecule has 0 amide bonds. The molecular weight excluding hydrogens is 342 g/mol. The summed E-state index contributed by atoms with van der Waals surface area (Å²) in [6.07, 6.45) is 6.52. The molecule has 0 unspecified atom stereocenters. The van der Waals surface area contributed by atoms with Gasteiger partial charge in [0, 0.05) is 18.7 Å². The fourth-order valence-electron chi connectivity index (χ4n) is 3.70. The molecule has 0 saturated heterocycles. The lowest BCUT2D eigenvalue weighted by molar-refractivity contribution is 0.338. The average molecular weight is 374 g/mol. The Morgan fingerprint density at radius 2 is 1.96 bits per heavy atom. The van der Waals surface area contributed by atoms with E-state index in [0.29, 0.717) is 18.4 Å². The Bertz CT molecular complexity index is 720. The zero-order chi connectivity index (χ0) is 18.5. The van der Waals surface area contributed by atoms with Crippen molar-refractivity contribution in [2.45, 2.75) is 69.9 Å². The summed E-state index contributed by atoms with van der Waals surface area (Å²) >= 11 is 1.73. The molecule has 2 aromatic rings. The Morgan fingerprint density at radius 3 is 2.69 bits per heavy atom. The zero-order valence-electron chi connectivity index (χ0n) is 16.5. The number of ether oxygens (including phenoxy) is 1. The normalized spacial score (nSPS) is 15.6. The third kappa shape index (κ3) is 4.61. The molecule has 3 rings (SSSR count). The van der Waals surface area contributed by atoms with Crippen LogP contribution < -0.4 is 4.74 Å². The van der Waals surface area contributed by atoms with Gasteiger partial charge < -0.3 is 9.30 Å². The van der Waals surface area contributed by atoms with Crippen LogP contribution >= 0.6 is 11.8 Å². The predicted octanol–water partition coefficient (Wildman–Crippen LogP) is 5.47. The summed E-state index contributed by atoms with van der Waals surface area (Å²) in [6, 6.07) is 6.48. The molecule has 142 valence electrons. The van der Waals surface area contributed by atoms with Crippen molar-refractivity contribution in [3.8, 4) is 5.75 Å². The maximum atomic E-state index is 6.09. The third-order valence-electron chi connectivity index (χ3n) is 5.20. The quantitative estimate of drug-likeness (QED) is 0.477. The van der Waals surface area contributed by atoms with Gasteiger partial charge in [0.1, 0.15) is 11.6 Å². The molecule has 1 aromatic heterocycles. The molecule has 1 aromatic carbocycles. The minimum atomic E-state index is 0.468. The molecule has 0 radical (unpaired) electrons. The molecule has 0 bridgehead atoms. The Morgan fingerprint density at radius 1 is 1.19 bits per heavy atom. The molecule has 1 fully saturated rings. The van der Waals surface area contributed by atoms with Crippen molar-refractivity contribution in [2.75, 3.05) is 12.4 Å². The Labute approximate surface area is 161 Å². The molecular formula is C21H31N3OS. The summed E-state index contributed by atoms with van der Waals surface area (Å²) < 4.78 is 8.27. The minimum absolute atomic E-state index is 0.468. The van der Waals surface area contributed by atoms with E-state index < -0.39 is 0 Å². The number of nitrogens with zero attached hydrogens (tertiary/aromatic N) is 3. The lowest BCUT2D eigenvalue weighted by Crippen LogP contribution is -2.10. The molecule has 26 heavy (non-hydrogen) atoms. The largest absolute Gasteiger partial charge is 0.492 e. The molecule has 1 aliphatic carbocycles. The highest BCUT2D eigenvalue weighted by Crippen LogP contribution is 2.33. The van der Waals surface area contributed by atoms with Crippen molar-refractivity contribution in [1.29, 1.82) is 0 Å². The monoisotopic (exact) mass is 373 g/mol. The van der Waals surface area contributed by atoms with Gasteiger partial charge >= 0.3 is 0 Å². The smallest absolute Gasteiger partial charge is 0.191 e. The Hall–Kier alpha value is -1.49. The van der Waals surface area contributed by atoms with Gasteiger partial charge in [-0.3, -0.25) is 0 Å². The van der Waals surface area contributed by atoms with Crippen molar-refractivity contribution in [3.63, 3.8) is 0 Å². The van der Waals surface area contributed by atoms with E-state index in [1.165, 1.54) is 43.2 Å². The highest BCUT2D eigenvalue weighted by molar-refractivity contribution is 7.99. The van der Waals surface area contributed by atoms with Crippen molar-refractivity contribution in [1.82, 2.24) is 14.8 Å². The molecule has 0 N–H and O–H groups in total. The van der Waals surface area contributed by atoms with E-state index in [9.17, 15) is 0 Å². The first-order valence-corrected chi connectivity index (χ1v) is 10.8. The van der Waals surface area contributed by atoms with Gasteiger partial charge in [-0.25, -0.2) is 0 Å². The second kappa shape index (κ2) is 8.94. The molecule has 0 spiro atoms. The van der Waals surface area contributed by atoms with Crippen LogP contribution in [0.5, 0.6) is 5.75 Å². The van der Waals surface area contributed by atoms with E-state index in [1.807, 2.05) is 0 Å². The summed E-state index contributed by atoms with van der Waals surface area (Å²) in [4.78, 5) is 0. The van der Waals surface area contributed by atoms with E-state index in [1.54, 1.807) is 11.8 Å². The maximum absolute atomic E-state index is 6.09. The third-order valence-corrected chi connectivity index (χ3v) is 6.19. The first-order valence-electron chi connectivity index (χ1n) is 9.81. The van der Waals surface area contributed by atoms with Crippen LogP contribution in [0.3, 0.4) is 0 Å². The van der Waals surface area contributed by atoms with E-state index in [-0.39, 0.29) is 0 Å². The van der Waals surface area contributed by atoms with Crippen LogP contribution in [-0.2, 0) is 7.05 Å². The van der Waals surface area contributed by atoms with Crippen molar-refractivity contribution < 1.29 is 4.74 Å². The van der Waals surface area contributed by atoms with Crippen LogP contribution in [0.15, 0.2) is 23.4 Å². The second-order valence-corrected chi connectivity index (χ2v) is 8.69. The topological polar surface area (TPSA) is 39.9 Å². The second-order valence-electron chi connectivity index (χ2n) is 7.63. The summed E-state index contributed by atoms with van der Waals surface area (Å²) in [5.41, 5.74) is 2.52. The molecule has 0 aliphatic heterocycles. The summed E-state index contributed by atoms with van der Waals surface area (Å²) in [5.74, 6) is 4.11. The van der Waals surface area contributed by atoms with E-state index in [2.05, 4.69) is 60.8 Å². The van der Waals surface area contributed by atoms with Gasteiger partial charge in [-0.1, -0.05) is 57.0 Å². The van der Waals surface area contributed by atoms with Gasteiger partial charge in [-0.2, -0.15) is 0 Å². The molecule has 0 atom stereocenters. The molecule has 1 heterocycles. The van der Waals surface area contributed by atoms with Crippen molar-refractivity contribution >= 4 is 11.8 Å². The number of hydrogen-bond donors (Lipinski definition) is 0. The molecule has 1 aliphatic rings. The number of thioether (sulfide) groups is 1. The van der Waals surface area contributed by atoms with Crippen LogP contribution in [0.4, 0.5) is 0 Å². The number of aromatic nitrogens is 3. The highest BCUT2D eigenvalue weighted by atomic mass is 32.2. The fourth-order valence-corrected chi connectivity index (χ4v) is 4.43. The van der Waals surface area contributed by atoms with Crippen LogP contribution in [-0.4, -0.2) is 27.1 Å². The first-order chi connectivity index (χ1) is 12.6. The van der Waals surface area contributed by atoms with Crippen LogP contribution in [0, 0.1) is 6.92 Å². The molecule has 5 heteroatoms. The predicted molar refractivity (Wildman–Crippen MR) is 108 cm³/mol. The molecule has 4 nitrogen and oxygen atoms in total. The van der Waals surface area contributed by atoms with E-state index in [0.717, 1.165) is 22.5 Å². The van der Waals surface area contributed by atoms with E-state index in [4.69, 9.17) is 4.74 Å². The summed E-state index contributed by atoms with van der Waals surface area (Å²) in [6.45, 7) is 7.20. The Kier molecular flexibility index (Phi) is 6.63. The van der Waals surface area contributed by atoms with E-state index >= 15 is 0 Å². The van der Waals surface area contributed by atoms with Gasteiger partial charge in [0.25, 0.3) is 0 Å². The lowest BCUT2D eigenvalue weighted by atomic mass is 9.89. The van der Waals surface area contributed by atoms with Gasteiger partial charge in [0.15, 0.2) is 5.16 Å². The van der Waals surface area contributed by atoms with Gasteiger partial charge in [0.05, 0.1) is 6.61 Å². The standard InChI is InChI=1S/C21H31N3OS/c1-15(2)18-11-10-16(3)14-19(18)25-12-13-26-21-23-22-20(24(21)4)17-8-6-5-7-9-17/h10-11,14-15,17H,5-9,12-13H2,1-4H3. The van der Waals surface area contributed by atoms with Crippen molar-refractivity contribution in [2.24, 2.45) is 7.05 Å². The van der Waals surface area contributed by atoms with Crippen LogP contribution in [0.2, 0.25) is 0 Å². The number of benzene rings is 1. The van der Waals surface area contributed by atoms with Crippen LogP contribution in [0.25, 0.3) is 0 Å². The first kappa shape index (κ1) is 19.3. The average Bonchev–Trinajstić information content (AvgIpc) is 3.00. The van der Waals surface area contributed by atoms with Gasteiger partial charge in [0.2, 0.25) is 0 Å². The van der Waals surface area contributed by atoms with Gasteiger partial charge in [-0.15, -0.1) is 10.2 Å². The number of hydrogen-bond acceptors (Lipinski definition) is 4. The fraction of sp³-hybridized carbons (Fsp3) is 0.619.